The Hall–Kier alpha value is -2.74. The van der Waals surface area contributed by atoms with E-state index in [1.165, 1.54) is 4.90 Å². The molecule has 8 heteroatoms. The molecule has 146 valence electrons. The van der Waals surface area contributed by atoms with E-state index in [1.54, 1.807) is 49.6 Å². The molecule has 3 rings (SSSR count). The lowest BCUT2D eigenvalue weighted by molar-refractivity contribution is -0.149. The predicted molar refractivity (Wildman–Crippen MR) is 104 cm³/mol. The highest BCUT2D eigenvalue weighted by Gasteiger charge is 2.40. The van der Waals surface area contributed by atoms with Gasteiger partial charge in [-0.05, 0) is 18.9 Å². The maximum atomic E-state index is 13.2. The second-order valence-electron chi connectivity index (χ2n) is 6.62. The molecule has 2 aromatic rings. The minimum Gasteiger partial charge on any atom is -0.480 e. The molecule has 2 heterocycles. The van der Waals surface area contributed by atoms with Crippen LogP contribution in [0, 0.1) is 5.92 Å². The molecule has 0 bridgehead atoms. The number of thioether (sulfide) groups is 1. The van der Waals surface area contributed by atoms with Gasteiger partial charge in [-0.3, -0.25) is 9.59 Å². The average molecular weight is 399 g/mol. The van der Waals surface area contributed by atoms with E-state index in [-0.39, 0.29) is 11.7 Å². The molecular weight excluding hydrogens is 378 g/mol. The Morgan fingerprint density at radius 2 is 1.82 bits per heavy atom. The first-order chi connectivity index (χ1) is 13.5. The number of benzene rings is 1. The van der Waals surface area contributed by atoms with Crippen LogP contribution in [-0.2, 0) is 9.59 Å². The standard InChI is InChI=1S/C20H21N3O4S/c1-13(18(25)23-12-5-9-15(23)19(26)27)17(28-20-21-10-6-11-22-20)16(24)14-7-3-2-4-8-14/h2-4,6-8,10-11,13,15,17H,5,9,12H2,1H3,(H,26,27)/t13-,15+,17+/m1/s1. The summed E-state index contributed by atoms with van der Waals surface area (Å²) in [5.74, 6) is -2.27. The predicted octanol–water partition coefficient (Wildman–Crippen LogP) is 2.53. The number of Topliss-reactive ketones (excluding diaryl/α,β-unsaturated/α-hetero) is 1. The number of nitrogens with zero attached hydrogens (tertiary/aromatic N) is 3. The Bertz CT molecular complexity index is 847. The maximum Gasteiger partial charge on any atom is 0.326 e. The van der Waals surface area contributed by atoms with Gasteiger partial charge < -0.3 is 10.0 Å². The molecule has 1 N–H and O–H groups in total. The molecule has 1 saturated heterocycles. The third-order valence-electron chi connectivity index (χ3n) is 4.76. The number of ketones is 1. The number of carboxylic acids is 1. The Morgan fingerprint density at radius 3 is 2.46 bits per heavy atom. The van der Waals surface area contributed by atoms with Crippen LogP contribution in [0.15, 0.2) is 53.9 Å². The van der Waals surface area contributed by atoms with Crippen molar-refractivity contribution in [3.63, 3.8) is 0 Å². The van der Waals surface area contributed by atoms with Crippen molar-refractivity contribution in [1.29, 1.82) is 0 Å². The molecule has 7 nitrogen and oxygen atoms in total. The van der Waals surface area contributed by atoms with Gasteiger partial charge in [-0.25, -0.2) is 14.8 Å². The van der Waals surface area contributed by atoms with Gasteiger partial charge in [0.05, 0.1) is 11.2 Å². The van der Waals surface area contributed by atoms with Gasteiger partial charge in [0.1, 0.15) is 6.04 Å². The van der Waals surface area contributed by atoms with Crippen molar-refractivity contribution >= 4 is 29.4 Å². The van der Waals surface area contributed by atoms with Crippen molar-refractivity contribution < 1.29 is 19.5 Å². The second-order valence-corrected chi connectivity index (χ2v) is 7.73. The highest BCUT2D eigenvalue weighted by Crippen LogP contribution is 2.31. The first-order valence-electron chi connectivity index (χ1n) is 9.05. The molecule has 1 aromatic carbocycles. The summed E-state index contributed by atoms with van der Waals surface area (Å²) < 4.78 is 0. The van der Waals surface area contributed by atoms with Crippen LogP contribution < -0.4 is 0 Å². The summed E-state index contributed by atoms with van der Waals surface area (Å²) in [6.45, 7) is 2.06. The van der Waals surface area contributed by atoms with Crippen molar-refractivity contribution in [3.8, 4) is 0 Å². The smallest absolute Gasteiger partial charge is 0.326 e. The van der Waals surface area contributed by atoms with Crippen LogP contribution in [0.4, 0.5) is 0 Å². The van der Waals surface area contributed by atoms with Crippen LogP contribution in [0.25, 0.3) is 0 Å². The van der Waals surface area contributed by atoms with Crippen molar-refractivity contribution in [2.45, 2.75) is 36.2 Å². The summed E-state index contributed by atoms with van der Waals surface area (Å²) in [5.41, 5.74) is 0.492. The van der Waals surface area contributed by atoms with E-state index < -0.39 is 23.2 Å². The van der Waals surface area contributed by atoms with E-state index >= 15 is 0 Å². The molecule has 1 aromatic heterocycles. The topological polar surface area (TPSA) is 100 Å². The largest absolute Gasteiger partial charge is 0.480 e. The summed E-state index contributed by atoms with van der Waals surface area (Å²) >= 11 is 1.13. The third-order valence-corrected chi connectivity index (χ3v) is 6.05. The zero-order valence-corrected chi connectivity index (χ0v) is 16.2. The van der Waals surface area contributed by atoms with Gasteiger partial charge >= 0.3 is 5.97 Å². The minimum absolute atomic E-state index is 0.204. The van der Waals surface area contributed by atoms with Crippen LogP contribution in [-0.4, -0.2) is 55.5 Å². The Balaban J connectivity index is 1.88. The average Bonchev–Trinajstić information content (AvgIpc) is 3.22. The van der Waals surface area contributed by atoms with E-state index in [4.69, 9.17) is 0 Å². The normalized spacial score (nSPS) is 18.5. The second kappa shape index (κ2) is 8.97. The lowest BCUT2D eigenvalue weighted by Gasteiger charge is -2.28. The Morgan fingerprint density at radius 1 is 1.14 bits per heavy atom. The van der Waals surface area contributed by atoms with Gasteiger partial charge in [0.15, 0.2) is 10.9 Å². The van der Waals surface area contributed by atoms with Crippen molar-refractivity contribution in [3.05, 3.63) is 54.4 Å². The highest BCUT2D eigenvalue weighted by atomic mass is 32.2. The van der Waals surface area contributed by atoms with Gasteiger partial charge in [0.2, 0.25) is 5.91 Å². The summed E-state index contributed by atoms with van der Waals surface area (Å²) in [7, 11) is 0. The molecular formula is C20H21N3O4S. The molecule has 0 saturated carbocycles. The van der Waals surface area contributed by atoms with Gasteiger partial charge in [-0.2, -0.15) is 0 Å². The molecule has 1 amide bonds. The highest BCUT2D eigenvalue weighted by molar-refractivity contribution is 8.00. The quantitative estimate of drug-likeness (QED) is 0.434. The van der Waals surface area contributed by atoms with E-state index in [1.807, 2.05) is 6.07 Å². The maximum absolute atomic E-state index is 13.2. The molecule has 1 aliphatic heterocycles. The number of hydrogen-bond acceptors (Lipinski definition) is 6. The number of rotatable bonds is 7. The first kappa shape index (κ1) is 20.0. The summed E-state index contributed by atoms with van der Waals surface area (Å²) in [6, 6.07) is 9.59. The molecule has 3 atom stereocenters. The fraction of sp³-hybridized carbons (Fsp3) is 0.350. The van der Waals surface area contributed by atoms with E-state index in [9.17, 15) is 19.5 Å². The summed E-state index contributed by atoms with van der Waals surface area (Å²) in [6.07, 6.45) is 4.22. The van der Waals surface area contributed by atoms with Gasteiger partial charge in [0, 0.05) is 24.5 Å². The summed E-state index contributed by atoms with van der Waals surface area (Å²) in [4.78, 5) is 47.4. The van der Waals surface area contributed by atoms with Crippen LogP contribution >= 0.6 is 11.8 Å². The van der Waals surface area contributed by atoms with Crippen LogP contribution in [0.5, 0.6) is 0 Å². The fourth-order valence-corrected chi connectivity index (χ4v) is 4.32. The van der Waals surface area contributed by atoms with E-state index in [0.29, 0.717) is 30.1 Å². The zero-order chi connectivity index (χ0) is 20.1. The van der Waals surface area contributed by atoms with Crippen LogP contribution in [0.2, 0.25) is 0 Å². The number of amides is 1. The molecule has 0 spiro atoms. The zero-order valence-electron chi connectivity index (χ0n) is 15.4. The summed E-state index contributed by atoms with van der Waals surface area (Å²) in [5, 5.41) is 9.03. The number of carbonyl (C=O) groups excluding carboxylic acids is 2. The monoisotopic (exact) mass is 399 g/mol. The Kier molecular flexibility index (Phi) is 6.41. The number of likely N-dealkylation sites (tertiary alicyclic amines) is 1. The molecule has 0 radical (unpaired) electrons. The SMILES string of the molecule is C[C@@H](C(=O)N1CCC[C@H]1C(=O)O)[C@H](Sc1ncccn1)C(=O)c1ccccc1. The van der Waals surface area contributed by atoms with Crippen molar-refractivity contribution in [2.24, 2.45) is 5.92 Å². The number of aliphatic carboxylic acids is 1. The number of carbonyl (C=O) groups is 3. The minimum atomic E-state index is -1.01. The Labute approximate surface area is 167 Å². The molecule has 1 fully saturated rings. The number of hydrogen-bond donors (Lipinski definition) is 1. The lowest BCUT2D eigenvalue weighted by Crippen LogP contribution is -2.46. The molecule has 1 aliphatic rings. The van der Waals surface area contributed by atoms with Crippen molar-refractivity contribution in [1.82, 2.24) is 14.9 Å². The van der Waals surface area contributed by atoms with E-state index in [2.05, 4.69) is 9.97 Å². The van der Waals surface area contributed by atoms with Crippen LogP contribution in [0.3, 0.4) is 0 Å². The third kappa shape index (κ3) is 4.39. The van der Waals surface area contributed by atoms with E-state index in [0.717, 1.165) is 11.8 Å². The van der Waals surface area contributed by atoms with Gasteiger partial charge in [-0.1, -0.05) is 49.0 Å². The van der Waals surface area contributed by atoms with Gasteiger partial charge in [0.25, 0.3) is 0 Å². The lowest BCUT2D eigenvalue weighted by atomic mass is 9.97. The first-order valence-corrected chi connectivity index (χ1v) is 9.93. The molecule has 0 aliphatic carbocycles. The molecule has 28 heavy (non-hydrogen) atoms. The fourth-order valence-electron chi connectivity index (χ4n) is 3.29. The van der Waals surface area contributed by atoms with Gasteiger partial charge in [-0.15, -0.1) is 0 Å². The van der Waals surface area contributed by atoms with Crippen LogP contribution in [0.1, 0.15) is 30.1 Å². The number of aromatic nitrogens is 2. The number of carboxylic acid groups (broad SMARTS) is 1. The molecule has 0 unspecified atom stereocenters. The van der Waals surface area contributed by atoms with Crippen molar-refractivity contribution in [2.75, 3.05) is 6.54 Å².